The molecule has 1 saturated heterocycles. The number of carboxylic acid groups (broad SMARTS) is 3. The van der Waals surface area contributed by atoms with E-state index in [1.807, 2.05) is 0 Å². The molecule has 1 aliphatic heterocycles. The fourth-order valence-corrected chi connectivity index (χ4v) is 15.3. The zero-order valence-corrected chi connectivity index (χ0v) is 82.1. The highest BCUT2D eigenvalue weighted by Crippen LogP contribution is 2.20. The molecule has 0 radical (unpaired) electrons. The maximum absolute atomic E-state index is 15.2. The number of carboxylic acids is 3. The number of aromatic nitrogens is 4. The van der Waals surface area contributed by atoms with Crippen molar-refractivity contribution in [2.24, 2.45) is 34.8 Å². The van der Waals surface area contributed by atoms with Crippen molar-refractivity contribution in [2.45, 2.75) is 253 Å². The van der Waals surface area contributed by atoms with Crippen LogP contribution in [0.5, 0.6) is 11.5 Å². The number of carbonyl (C=O) groups excluding carboxylic acids is 15. The second-order valence-electron chi connectivity index (χ2n) is 35.7. The fourth-order valence-electron chi connectivity index (χ4n) is 15.3. The van der Waals surface area contributed by atoms with Gasteiger partial charge in [0.25, 0.3) is 0 Å². The Bertz CT molecular complexity index is 5250. The van der Waals surface area contributed by atoms with Crippen LogP contribution >= 0.6 is 0 Å². The van der Waals surface area contributed by atoms with Crippen molar-refractivity contribution in [1.82, 2.24) is 121 Å². The van der Waals surface area contributed by atoms with Gasteiger partial charge in [-0.3, -0.25) is 97.7 Å². The highest BCUT2D eigenvalue weighted by atomic mass is 16.4. The molecule has 3 heterocycles. The molecule has 15 amide bonds. The summed E-state index contributed by atoms with van der Waals surface area (Å²) in [5, 5.41) is 133. The predicted molar refractivity (Wildman–Crippen MR) is 528 cm³/mol. The monoisotopic (exact) mass is 2060 g/mol. The number of carbonyl (C=O) groups is 18. The molecule has 0 aliphatic carbocycles. The van der Waals surface area contributed by atoms with Gasteiger partial charge in [-0.15, -0.1) is 0 Å². The number of hydrogen-bond donors (Lipinski definition) is 34. The third-order valence-corrected chi connectivity index (χ3v) is 23.5. The van der Waals surface area contributed by atoms with Crippen LogP contribution in [-0.4, -0.2) is 311 Å². The van der Waals surface area contributed by atoms with Crippen molar-refractivity contribution in [2.75, 3.05) is 39.3 Å². The van der Waals surface area contributed by atoms with Gasteiger partial charge < -0.3 is 165 Å². The van der Waals surface area contributed by atoms with Crippen molar-refractivity contribution in [3.63, 3.8) is 0 Å². The van der Waals surface area contributed by atoms with Gasteiger partial charge in [0, 0.05) is 64.1 Å². The lowest BCUT2D eigenvalue weighted by molar-refractivity contribution is -0.145. The normalized spacial score (nSPS) is 15.3. The molecule has 147 heavy (non-hydrogen) atoms. The van der Waals surface area contributed by atoms with Crippen LogP contribution in [0.25, 0.3) is 0 Å². The second-order valence-corrected chi connectivity index (χ2v) is 35.7. The Morgan fingerprint density at radius 1 is 0.401 bits per heavy atom. The molecule has 2 aromatic heterocycles. The molecule has 1 fully saturated rings. The molecule has 0 spiro atoms. The number of nitrogens with zero attached hydrogens (tertiary/aromatic N) is 2. The van der Waals surface area contributed by atoms with E-state index >= 15 is 9.59 Å². The van der Waals surface area contributed by atoms with E-state index in [-0.39, 0.29) is 132 Å². The van der Waals surface area contributed by atoms with Gasteiger partial charge in [0.1, 0.15) is 90.0 Å². The highest BCUT2D eigenvalue weighted by molar-refractivity contribution is 6.02. The van der Waals surface area contributed by atoms with Crippen molar-refractivity contribution >= 4 is 124 Å². The minimum Gasteiger partial charge on any atom is -0.508 e. The Hall–Kier alpha value is -16.2. The van der Waals surface area contributed by atoms with E-state index in [1.165, 1.54) is 94.4 Å². The van der Waals surface area contributed by atoms with Gasteiger partial charge in [-0.25, -0.2) is 14.8 Å². The number of guanidine groups is 3. The fraction of sp³-hybridized carbons (Fsp3) is 0.516. The SMILES string of the molecule is CC[C@H](C)[C@H](NC(=O)[C@@H](NC(=O)[C@H](Cc1ccc(O)cc1)NC(=O)[C@H](Cc1ccc(O)cc1)NC(=O)[C@H](CCCNC(=N)N)NC(=O)CNC(=O)[C@H](CC(=O)O)NC(=O)[C@H](CCCCN)NC(=O)[C@H](CCCNC(=N)N)NC(=O)[C@H](Cc1c[nH]cn1)NC(=O)[C@H](CCCNC(=N)N)NC(=O)[C@H](Cc1c[nH]cn1)NC(=O)[C@@H]1CCCN1)C(C)C)C(=O)N[C@@H](CC(=O)O)C(=O)N[C@@H](Cc1ccccc1)C(=O)N[C@H](C(=O)O)[C@@H](C)O. The van der Waals surface area contributed by atoms with Crippen LogP contribution in [-0.2, 0) is 118 Å². The van der Waals surface area contributed by atoms with Gasteiger partial charge in [0.15, 0.2) is 23.9 Å². The van der Waals surface area contributed by atoms with Crippen LogP contribution in [0, 0.1) is 28.1 Å². The summed E-state index contributed by atoms with van der Waals surface area (Å²) < 4.78 is 0. The average molecular weight is 2060 g/mol. The van der Waals surface area contributed by atoms with E-state index in [4.69, 9.17) is 39.2 Å². The van der Waals surface area contributed by atoms with Crippen molar-refractivity contribution in [1.29, 1.82) is 16.2 Å². The van der Waals surface area contributed by atoms with E-state index < -0.39 is 265 Å². The Labute approximate surface area is 845 Å². The van der Waals surface area contributed by atoms with Gasteiger partial charge >= 0.3 is 17.9 Å². The number of benzene rings is 3. The Morgan fingerprint density at radius 2 is 0.748 bits per heavy atom. The Kier molecular flexibility index (Phi) is 50.2. The molecule has 5 aromatic rings. The summed E-state index contributed by atoms with van der Waals surface area (Å²) in [6.07, 6.45) is 0.727. The molecule has 3 aromatic carbocycles. The lowest BCUT2D eigenvalue weighted by Gasteiger charge is -2.30. The molecule has 54 heteroatoms. The number of rotatable bonds is 65. The predicted octanol–water partition coefficient (Wildman–Crippen LogP) is -7.25. The van der Waals surface area contributed by atoms with E-state index in [2.05, 4.69) is 121 Å². The quantitative estimate of drug-likeness (QED) is 0.00977. The Balaban J connectivity index is 1.24. The first-order chi connectivity index (χ1) is 69.8. The number of aromatic amines is 2. The first-order valence-corrected chi connectivity index (χ1v) is 47.9. The van der Waals surface area contributed by atoms with Crippen molar-refractivity contribution in [3.8, 4) is 11.5 Å². The minimum atomic E-state index is -2.05. The summed E-state index contributed by atoms with van der Waals surface area (Å²) >= 11 is 0. The number of imidazole rings is 2. The van der Waals surface area contributed by atoms with E-state index in [0.717, 1.165) is 6.92 Å². The second kappa shape index (κ2) is 61.7. The number of phenolic OH excluding ortho intramolecular Hbond substituents is 2. The molecule has 17 atom stereocenters. The van der Waals surface area contributed by atoms with Crippen molar-refractivity contribution in [3.05, 3.63) is 132 Å². The number of phenols is 2. The zero-order valence-electron chi connectivity index (χ0n) is 82.1. The Morgan fingerprint density at radius 3 is 1.12 bits per heavy atom. The smallest absolute Gasteiger partial charge is 0.328 e. The van der Waals surface area contributed by atoms with Crippen LogP contribution in [0.2, 0.25) is 0 Å². The number of aliphatic hydroxyl groups excluding tert-OH is 1. The summed E-state index contributed by atoms with van der Waals surface area (Å²) in [4.78, 5) is 269. The average Bonchev–Trinajstić information content (AvgIpc) is 1.38. The molecule has 804 valence electrons. The molecule has 0 unspecified atom stereocenters. The maximum atomic E-state index is 15.2. The summed E-state index contributed by atoms with van der Waals surface area (Å²) in [5.74, 6) is -24.1. The molecule has 0 bridgehead atoms. The molecule has 38 N–H and O–H groups in total. The number of nitrogens with two attached hydrogens (primary N) is 4. The van der Waals surface area contributed by atoms with Crippen LogP contribution < -0.4 is 124 Å². The number of amides is 15. The summed E-state index contributed by atoms with van der Waals surface area (Å²) in [5.41, 5.74) is 24.1. The topological polar surface area (TPSA) is 890 Å². The van der Waals surface area contributed by atoms with E-state index in [9.17, 15) is 107 Å². The lowest BCUT2D eigenvalue weighted by Crippen LogP contribution is -2.62. The van der Waals surface area contributed by atoms with E-state index in [0.29, 0.717) is 36.2 Å². The largest absolute Gasteiger partial charge is 0.508 e. The standard InChI is InChI=1S/C93H138N30O24/c1-6-49(4)74(89(145)120-69(42-72(130)131)85(141)116-64(36-51-16-8-7-9-17-51)87(143)123-75(50(5)124)90(146)147)122-88(144)73(48(2)3)121-86(142)65(38-53-25-29-57(126)30-26-53)115-82(138)63(37-52-23-27-56(125)28-24-52)114-78(134)59(20-13-33-104-91(95)96)110-70(127)45-107-76(132)68(41-71(128)129)119-80(136)60(18-10-11-31-94)111-79(135)61(21-14-34-105-92(97)98)112-84(140)67(40-55-44-102-47-109-55)118-81(137)62(22-15-35-106-93(99)100)113-83(139)66(39-54-43-101-46-108-54)117-77(133)58-19-12-32-103-58/h7-9,16-17,23-30,43-44,46-50,58-69,73-75,103,124-126H,6,10-15,18-22,31-42,45,94H2,1-5H3,(H,101,108)(H,102,109)(H,107,132)(H,110,127)(H,111,135)(H,112,140)(H,113,139)(H,114,134)(H,115,138)(H,116,141)(H,117,133)(H,118,137)(H,119,136)(H,120,145)(H,121,142)(H,122,144)(H,123,143)(H,128,129)(H,130,131)(H,146,147)(H4,95,96,104)(H4,97,98,105)(H4,99,100,106)/t49-,50+,58-,59-,60-,61-,62-,63-,64-,65-,66-,67-,68-,69-,73-,74-,75-/m0/s1. The van der Waals surface area contributed by atoms with Crippen LogP contribution in [0.15, 0.2) is 104 Å². The number of unbranched alkanes of at least 4 members (excludes halogenated alkanes) is 1. The van der Waals surface area contributed by atoms with Gasteiger partial charge in [0.2, 0.25) is 88.6 Å². The number of hydrogen-bond acceptors (Lipinski definition) is 28. The third-order valence-electron chi connectivity index (χ3n) is 23.5. The number of aliphatic carboxylic acids is 3. The van der Waals surface area contributed by atoms with Crippen LogP contribution in [0.4, 0.5) is 0 Å². The molecule has 1 aliphatic rings. The number of aromatic hydroxyl groups is 2. The molecule has 54 nitrogen and oxygen atoms in total. The van der Waals surface area contributed by atoms with E-state index in [1.54, 1.807) is 37.3 Å². The first kappa shape index (κ1) is 120. The molecule has 0 saturated carbocycles. The molecule has 6 rings (SSSR count). The lowest BCUT2D eigenvalue weighted by atomic mass is 9.95. The third kappa shape index (κ3) is 43.1. The minimum absolute atomic E-state index is 0.0163. The van der Waals surface area contributed by atoms with Crippen LogP contribution in [0.3, 0.4) is 0 Å². The highest BCUT2D eigenvalue weighted by Gasteiger charge is 2.42. The zero-order chi connectivity index (χ0) is 109. The maximum Gasteiger partial charge on any atom is 0.328 e. The summed E-state index contributed by atoms with van der Waals surface area (Å²) in [6, 6.07) is -5.55. The van der Waals surface area contributed by atoms with Gasteiger partial charge in [-0.1, -0.05) is 88.7 Å². The molecular weight excluding hydrogens is 1920 g/mol. The van der Waals surface area contributed by atoms with Gasteiger partial charge in [-0.05, 0) is 143 Å². The summed E-state index contributed by atoms with van der Waals surface area (Å²) in [7, 11) is 0. The molecular formula is C93H138N30O24. The van der Waals surface area contributed by atoms with Gasteiger partial charge in [-0.2, -0.15) is 0 Å². The number of nitrogens with one attached hydrogen (secondary N) is 24. The summed E-state index contributed by atoms with van der Waals surface area (Å²) in [6.45, 7) is 6.70. The number of H-pyrrole nitrogens is 2. The van der Waals surface area contributed by atoms with Gasteiger partial charge in [0.05, 0.1) is 55.6 Å². The van der Waals surface area contributed by atoms with Crippen molar-refractivity contribution < 1.29 is 117 Å². The van der Waals surface area contributed by atoms with Crippen LogP contribution in [0.1, 0.15) is 153 Å². The first-order valence-electron chi connectivity index (χ1n) is 47.9. The number of aliphatic hydroxyl groups is 1.